The Morgan fingerprint density at radius 2 is 2.18 bits per heavy atom. The van der Waals surface area contributed by atoms with Crippen molar-refractivity contribution >= 4 is 0 Å². The summed E-state index contributed by atoms with van der Waals surface area (Å²) in [4.78, 5) is 0. The molecule has 1 saturated heterocycles. The topological polar surface area (TPSA) is 21.3 Å². The fourth-order valence-electron chi connectivity index (χ4n) is 2.79. The summed E-state index contributed by atoms with van der Waals surface area (Å²) in [6.45, 7) is 1.82. The van der Waals surface area contributed by atoms with E-state index in [-0.39, 0.29) is 11.2 Å². The number of ether oxygens (including phenoxy) is 1. The Morgan fingerprint density at radius 3 is 2.76 bits per heavy atom. The van der Waals surface area contributed by atoms with Crippen LogP contribution in [-0.2, 0) is 5.41 Å². The lowest BCUT2D eigenvalue weighted by Gasteiger charge is -2.15. The molecule has 1 saturated carbocycles. The zero-order valence-electron chi connectivity index (χ0n) is 9.05. The Labute approximate surface area is 96.8 Å². The van der Waals surface area contributed by atoms with Crippen LogP contribution in [0.5, 0.6) is 5.75 Å². The smallest absolute Gasteiger partial charge is 0.406 e. The van der Waals surface area contributed by atoms with Crippen LogP contribution in [0.4, 0.5) is 13.2 Å². The van der Waals surface area contributed by atoms with Crippen molar-refractivity contribution in [2.75, 3.05) is 13.1 Å². The minimum absolute atomic E-state index is 0.0605. The van der Waals surface area contributed by atoms with Gasteiger partial charge in [0.15, 0.2) is 0 Å². The van der Waals surface area contributed by atoms with Gasteiger partial charge in [-0.25, -0.2) is 0 Å². The molecule has 0 aromatic heterocycles. The van der Waals surface area contributed by atoms with Crippen LogP contribution in [0.1, 0.15) is 12.0 Å². The van der Waals surface area contributed by atoms with Gasteiger partial charge in [0.2, 0.25) is 0 Å². The van der Waals surface area contributed by atoms with Gasteiger partial charge in [0, 0.05) is 12.0 Å². The molecule has 1 aliphatic heterocycles. The normalized spacial score (nSPS) is 31.1. The van der Waals surface area contributed by atoms with Crippen molar-refractivity contribution in [3.63, 3.8) is 0 Å². The first-order valence-corrected chi connectivity index (χ1v) is 5.57. The van der Waals surface area contributed by atoms with Gasteiger partial charge in [0.25, 0.3) is 0 Å². The van der Waals surface area contributed by atoms with Crippen LogP contribution >= 0.6 is 0 Å². The van der Waals surface area contributed by atoms with E-state index in [0.29, 0.717) is 5.92 Å². The van der Waals surface area contributed by atoms with Crippen molar-refractivity contribution in [3.05, 3.63) is 29.8 Å². The molecule has 2 aliphatic rings. The summed E-state index contributed by atoms with van der Waals surface area (Å²) in [5, 5.41) is 3.27. The van der Waals surface area contributed by atoms with E-state index in [1.807, 2.05) is 6.07 Å². The molecule has 2 atom stereocenters. The number of hydrogen-bond donors (Lipinski definition) is 1. The quantitative estimate of drug-likeness (QED) is 0.861. The summed E-state index contributed by atoms with van der Waals surface area (Å²) < 4.78 is 40.3. The first-order valence-electron chi connectivity index (χ1n) is 5.57. The molecule has 1 aromatic carbocycles. The van der Waals surface area contributed by atoms with E-state index in [1.54, 1.807) is 6.07 Å². The number of alkyl halides is 3. The van der Waals surface area contributed by atoms with Crippen LogP contribution in [0.2, 0.25) is 0 Å². The van der Waals surface area contributed by atoms with Crippen LogP contribution in [0.25, 0.3) is 0 Å². The molecule has 1 aromatic rings. The zero-order valence-corrected chi connectivity index (χ0v) is 9.05. The Hall–Kier alpha value is -1.23. The highest BCUT2D eigenvalue weighted by Crippen LogP contribution is 2.56. The van der Waals surface area contributed by atoms with Crippen LogP contribution < -0.4 is 10.1 Å². The van der Waals surface area contributed by atoms with E-state index in [9.17, 15) is 13.2 Å². The van der Waals surface area contributed by atoms with Gasteiger partial charge in [0.05, 0.1) is 0 Å². The van der Waals surface area contributed by atoms with Gasteiger partial charge < -0.3 is 10.1 Å². The predicted molar refractivity (Wildman–Crippen MR) is 55.8 cm³/mol. The average Bonchev–Trinajstić information content (AvgIpc) is 2.80. The molecule has 5 heteroatoms. The molecule has 17 heavy (non-hydrogen) atoms. The van der Waals surface area contributed by atoms with E-state index >= 15 is 0 Å². The van der Waals surface area contributed by atoms with Gasteiger partial charge >= 0.3 is 6.36 Å². The number of rotatable bonds is 2. The standard InChI is InChI=1S/C12H12F3NO/c13-12(14,15)17-10-3-1-2-8(4-10)11-5-9(11)6-16-7-11/h1-4,9,16H,5-7H2/t9-,11?/m1/s1. The number of fused-ring (bicyclic) bond motifs is 1. The van der Waals surface area contributed by atoms with Gasteiger partial charge in [-0.15, -0.1) is 13.2 Å². The van der Waals surface area contributed by atoms with E-state index in [2.05, 4.69) is 10.1 Å². The second-order valence-electron chi connectivity index (χ2n) is 4.76. The molecule has 2 fully saturated rings. The SMILES string of the molecule is FC(F)(F)Oc1cccc(C23CNC[C@H]2C3)c1. The number of halogens is 3. The van der Waals surface area contributed by atoms with Crippen molar-refractivity contribution in [2.45, 2.75) is 18.2 Å². The lowest BCUT2D eigenvalue weighted by molar-refractivity contribution is -0.274. The van der Waals surface area contributed by atoms with Crippen molar-refractivity contribution in [1.29, 1.82) is 0 Å². The maximum absolute atomic E-state index is 12.1. The van der Waals surface area contributed by atoms with E-state index < -0.39 is 6.36 Å². The van der Waals surface area contributed by atoms with Crippen molar-refractivity contribution in [3.8, 4) is 5.75 Å². The molecule has 1 unspecified atom stereocenters. The molecule has 0 amide bonds. The highest BCUT2D eigenvalue weighted by Gasteiger charge is 2.58. The van der Waals surface area contributed by atoms with E-state index in [4.69, 9.17) is 0 Å². The molecule has 0 spiro atoms. The second-order valence-corrected chi connectivity index (χ2v) is 4.76. The predicted octanol–water partition coefficient (Wildman–Crippen LogP) is 2.45. The van der Waals surface area contributed by atoms with E-state index in [0.717, 1.165) is 25.1 Å². The van der Waals surface area contributed by atoms with Crippen LogP contribution in [0.3, 0.4) is 0 Å². The molecular formula is C12H12F3NO. The third-order valence-corrected chi connectivity index (χ3v) is 3.71. The number of piperidine rings is 1. The van der Waals surface area contributed by atoms with Crippen LogP contribution in [0, 0.1) is 5.92 Å². The highest BCUT2D eigenvalue weighted by molar-refractivity contribution is 5.41. The Morgan fingerprint density at radius 1 is 1.35 bits per heavy atom. The average molecular weight is 243 g/mol. The molecule has 3 rings (SSSR count). The van der Waals surface area contributed by atoms with Gasteiger partial charge in [-0.3, -0.25) is 0 Å². The van der Waals surface area contributed by atoms with Crippen molar-refractivity contribution in [2.24, 2.45) is 5.92 Å². The summed E-state index contributed by atoms with van der Waals surface area (Å²) in [7, 11) is 0. The fraction of sp³-hybridized carbons (Fsp3) is 0.500. The monoisotopic (exact) mass is 243 g/mol. The van der Waals surface area contributed by atoms with Gasteiger partial charge in [-0.05, 0) is 36.6 Å². The maximum Gasteiger partial charge on any atom is 0.573 e. The molecule has 1 aliphatic carbocycles. The summed E-state index contributed by atoms with van der Waals surface area (Å²) in [6, 6.07) is 6.36. The number of benzene rings is 1. The Balaban J connectivity index is 1.85. The molecule has 0 radical (unpaired) electrons. The van der Waals surface area contributed by atoms with Gasteiger partial charge in [0.1, 0.15) is 5.75 Å². The Bertz CT molecular complexity index is 446. The largest absolute Gasteiger partial charge is 0.573 e. The molecule has 1 heterocycles. The molecule has 2 nitrogen and oxygen atoms in total. The zero-order chi connectivity index (χ0) is 12.1. The van der Waals surface area contributed by atoms with E-state index in [1.165, 1.54) is 12.1 Å². The summed E-state index contributed by atoms with van der Waals surface area (Å²) in [5.74, 6) is 0.450. The summed E-state index contributed by atoms with van der Waals surface area (Å²) in [6.07, 6.45) is -3.55. The maximum atomic E-state index is 12.1. The molecule has 0 bridgehead atoms. The third-order valence-electron chi connectivity index (χ3n) is 3.71. The lowest BCUT2D eigenvalue weighted by Crippen LogP contribution is -2.20. The fourth-order valence-corrected chi connectivity index (χ4v) is 2.79. The van der Waals surface area contributed by atoms with Crippen LogP contribution in [0.15, 0.2) is 24.3 Å². The van der Waals surface area contributed by atoms with Gasteiger partial charge in [-0.1, -0.05) is 12.1 Å². The van der Waals surface area contributed by atoms with Gasteiger partial charge in [-0.2, -0.15) is 0 Å². The highest BCUT2D eigenvalue weighted by atomic mass is 19.4. The molecule has 1 N–H and O–H groups in total. The molecule has 92 valence electrons. The lowest BCUT2D eigenvalue weighted by atomic mass is 9.95. The summed E-state index contributed by atoms with van der Waals surface area (Å²) >= 11 is 0. The minimum Gasteiger partial charge on any atom is -0.406 e. The van der Waals surface area contributed by atoms with Crippen LogP contribution in [-0.4, -0.2) is 19.5 Å². The van der Waals surface area contributed by atoms with Crippen molar-refractivity contribution < 1.29 is 17.9 Å². The first-order chi connectivity index (χ1) is 8.00. The number of nitrogens with one attached hydrogen (secondary N) is 1. The van der Waals surface area contributed by atoms with Crippen molar-refractivity contribution in [1.82, 2.24) is 5.32 Å². The molecular weight excluding hydrogens is 231 g/mol. The second kappa shape index (κ2) is 3.38. The number of hydrogen-bond acceptors (Lipinski definition) is 2. The minimum atomic E-state index is -4.62. The third kappa shape index (κ3) is 1.88. The Kier molecular flexibility index (Phi) is 2.17. The first kappa shape index (κ1) is 10.9. The summed E-state index contributed by atoms with van der Waals surface area (Å²) in [5.41, 5.74) is 1.01.